The fourth-order valence-corrected chi connectivity index (χ4v) is 5.08. The Morgan fingerprint density at radius 2 is 1.07 bits per heavy atom. The summed E-state index contributed by atoms with van der Waals surface area (Å²) in [5.74, 6) is 4.42. The third kappa shape index (κ3) is 18.4. The molecule has 176 valence electrons. The normalized spacial score (nSPS) is 15.4. The molecule has 0 aliphatic carbocycles. The standard InChI is InChI=1S/C28H59N/c1-9-11-18-28(10-2)23-29(19-14-12-16-26(7)21-24(3)4)20-15-13-17-27(8)22-25(5)6/h24-28H,9-23H2,1-8H3. The Bertz CT molecular complexity index is 311. The summed E-state index contributed by atoms with van der Waals surface area (Å²) < 4.78 is 0. The molecule has 0 saturated carbocycles. The molecular weight excluding hydrogens is 350 g/mol. The molecule has 0 spiro atoms. The molecule has 0 aliphatic heterocycles. The van der Waals surface area contributed by atoms with E-state index >= 15 is 0 Å². The zero-order valence-electron chi connectivity index (χ0n) is 21.9. The Balaban J connectivity index is 4.33. The highest BCUT2D eigenvalue weighted by Crippen LogP contribution is 2.20. The molecule has 0 aromatic carbocycles. The first-order valence-corrected chi connectivity index (χ1v) is 13.5. The molecule has 0 saturated heterocycles. The Kier molecular flexibility index (Phi) is 18.7. The molecule has 0 rings (SSSR count). The van der Waals surface area contributed by atoms with Crippen LogP contribution in [0.4, 0.5) is 0 Å². The van der Waals surface area contributed by atoms with E-state index in [0.717, 1.165) is 29.6 Å². The van der Waals surface area contributed by atoms with Gasteiger partial charge in [0.15, 0.2) is 0 Å². The van der Waals surface area contributed by atoms with E-state index in [0.29, 0.717) is 0 Å². The molecule has 0 radical (unpaired) electrons. The summed E-state index contributed by atoms with van der Waals surface area (Å²) in [6.45, 7) is 23.1. The van der Waals surface area contributed by atoms with Gasteiger partial charge in [-0.2, -0.15) is 0 Å². The molecular formula is C28H59N. The van der Waals surface area contributed by atoms with Gasteiger partial charge in [0.25, 0.3) is 0 Å². The number of hydrogen-bond acceptors (Lipinski definition) is 1. The van der Waals surface area contributed by atoms with Gasteiger partial charge in [-0.15, -0.1) is 0 Å². The van der Waals surface area contributed by atoms with Crippen molar-refractivity contribution < 1.29 is 0 Å². The van der Waals surface area contributed by atoms with Crippen LogP contribution in [0.3, 0.4) is 0 Å². The van der Waals surface area contributed by atoms with Gasteiger partial charge in [0.2, 0.25) is 0 Å². The van der Waals surface area contributed by atoms with Crippen molar-refractivity contribution in [1.29, 1.82) is 0 Å². The lowest BCUT2D eigenvalue weighted by molar-refractivity contribution is 0.207. The van der Waals surface area contributed by atoms with Gasteiger partial charge in [-0.3, -0.25) is 0 Å². The van der Waals surface area contributed by atoms with Gasteiger partial charge in [-0.25, -0.2) is 0 Å². The third-order valence-corrected chi connectivity index (χ3v) is 6.65. The van der Waals surface area contributed by atoms with Crippen LogP contribution in [0.15, 0.2) is 0 Å². The lowest BCUT2D eigenvalue weighted by Gasteiger charge is -2.27. The molecule has 0 aliphatic rings. The first-order chi connectivity index (χ1) is 13.8. The summed E-state index contributed by atoms with van der Waals surface area (Å²) >= 11 is 0. The molecule has 3 unspecified atom stereocenters. The minimum Gasteiger partial charge on any atom is -0.303 e. The number of nitrogens with zero attached hydrogens (tertiary/aromatic N) is 1. The molecule has 0 amide bonds. The van der Waals surface area contributed by atoms with Crippen molar-refractivity contribution in [2.75, 3.05) is 19.6 Å². The van der Waals surface area contributed by atoms with Crippen molar-refractivity contribution in [2.45, 2.75) is 132 Å². The van der Waals surface area contributed by atoms with Crippen molar-refractivity contribution in [2.24, 2.45) is 29.6 Å². The SMILES string of the molecule is CCCCC(CC)CN(CCCCC(C)CC(C)C)CCCCC(C)CC(C)C. The molecule has 1 nitrogen and oxygen atoms in total. The van der Waals surface area contributed by atoms with Gasteiger partial charge >= 0.3 is 0 Å². The van der Waals surface area contributed by atoms with Crippen LogP contribution >= 0.6 is 0 Å². The number of unbranched alkanes of at least 4 members (excludes halogenated alkanes) is 3. The Morgan fingerprint density at radius 1 is 0.586 bits per heavy atom. The average Bonchev–Trinajstić information content (AvgIpc) is 2.63. The zero-order chi connectivity index (χ0) is 22.1. The summed E-state index contributed by atoms with van der Waals surface area (Å²) in [6.07, 6.45) is 16.8. The predicted molar refractivity (Wildman–Crippen MR) is 135 cm³/mol. The van der Waals surface area contributed by atoms with E-state index in [1.165, 1.54) is 96.7 Å². The maximum Gasteiger partial charge on any atom is 0.000955 e. The predicted octanol–water partition coefficient (Wildman–Crippen LogP) is 9.21. The van der Waals surface area contributed by atoms with Crippen LogP contribution in [0.2, 0.25) is 0 Å². The summed E-state index contributed by atoms with van der Waals surface area (Å²) in [6, 6.07) is 0. The monoisotopic (exact) mass is 409 g/mol. The van der Waals surface area contributed by atoms with Crippen LogP contribution in [0.25, 0.3) is 0 Å². The van der Waals surface area contributed by atoms with Crippen LogP contribution in [0.1, 0.15) is 132 Å². The fourth-order valence-electron chi connectivity index (χ4n) is 5.08. The van der Waals surface area contributed by atoms with E-state index in [1.807, 2.05) is 0 Å². The lowest BCUT2D eigenvalue weighted by atomic mass is 9.93. The maximum absolute atomic E-state index is 2.84. The van der Waals surface area contributed by atoms with Crippen molar-refractivity contribution in [3.8, 4) is 0 Å². The van der Waals surface area contributed by atoms with Gasteiger partial charge < -0.3 is 4.90 Å². The molecule has 3 atom stereocenters. The quantitative estimate of drug-likeness (QED) is 0.181. The molecule has 0 aromatic rings. The van der Waals surface area contributed by atoms with Gasteiger partial charge in [0.05, 0.1) is 0 Å². The second-order valence-corrected chi connectivity index (χ2v) is 11.2. The largest absolute Gasteiger partial charge is 0.303 e. The van der Waals surface area contributed by atoms with E-state index in [2.05, 4.69) is 60.3 Å². The molecule has 0 heterocycles. The highest BCUT2D eigenvalue weighted by molar-refractivity contribution is 4.68. The van der Waals surface area contributed by atoms with E-state index in [4.69, 9.17) is 0 Å². The topological polar surface area (TPSA) is 3.24 Å². The van der Waals surface area contributed by atoms with Gasteiger partial charge in [-0.05, 0) is 74.8 Å². The highest BCUT2D eigenvalue weighted by Gasteiger charge is 2.13. The average molecular weight is 410 g/mol. The summed E-state index contributed by atoms with van der Waals surface area (Å²) in [5.41, 5.74) is 0. The van der Waals surface area contributed by atoms with E-state index in [-0.39, 0.29) is 0 Å². The minimum absolute atomic E-state index is 0.850. The van der Waals surface area contributed by atoms with Crippen molar-refractivity contribution in [3.05, 3.63) is 0 Å². The van der Waals surface area contributed by atoms with Crippen molar-refractivity contribution >= 4 is 0 Å². The molecule has 0 N–H and O–H groups in total. The first kappa shape index (κ1) is 29.0. The Labute approximate surface area is 186 Å². The number of hydrogen-bond donors (Lipinski definition) is 0. The fraction of sp³-hybridized carbons (Fsp3) is 1.00. The third-order valence-electron chi connectivity index (χ3n) is 6.65. The first-order valence-electron chi connectivity index (χ1n) is 13.5. The van der Waals surface area contributed by atoms with Crippen molar-refractivity contribution in [3.63, 3.8) is 0 Å². The van der Waals surface area contributed by atoms with Crippen molar-refractivity contribution in [1.82, 2.24) is 4.90 Å². The van der Waals surface area contributed by atoms with Crippen LogP contribution < -0.4 is 0 Å². The van der Waals surface area contributed by atoms with Gasteiger partial charge in [-0.1, -0.05) is 100 Å². The second-order valence-electron chi connectivity index (χ2n) is 11.2. The molecule has 0 aromatic heterocycles. The summed E-state index contributed by atoms with van der Waals surface area (Å²) in [5, 5.41) is 0. The van der Waals surface area contributed by atoms with Gasteiger partial charge in [0, 0.05) is 6.54 Å². The maximum atomic E-state index is 2.84. The zero-order valence-corrected chi connectivity index (χ0v) is 21.9. The number of rotatable bonds is 20. The van der Waals surface area contributed by atoms with Crippen LogP contribution in [-0.2, 0) is 0 Å². The molecule has 0 bridgehead atoms. The van der Waals surface area contributed by atoms with Crippen LogP contribution in [0.5, 0.6) is 0 Å². The lowest BCUT2D eigenvalue weighted by Crippen LogP contribution is -2.31. The smallest absolute Gasteiger partial charge is 0.000955 e. The summed E-state index contributed by atoms with van der Waals surface area (Å²) in [4.78, 5) is 2.84. The van der Waals surface area contributed by atoms with Gasteiger partial charge in [0.1, 0.15) is 0 Å². The molecule has 1 heteroatoms. The Morgan fingerprint density at radius 3 is 1.45 bits per heavy atom. The Hall–Kier alpha value is -0.0400. The minimum atomic E-state index is 0.850. The highest BCUT2D eigenvalue weighted by atomic mass is 15.1. The van der Waals surface area contributed by atoms with Crippen LogP contribution in [-0.4, -0.2) is 24.5 Å². The molecule has 0 fully saturated rings. The van der Waals surface area contributed by atoms with E-state index in [1.54, 1.807) is 0 Å². The summed E-state index contributed by atoms with van der Waals surface area (Å²) in [7, 11) is 0. The van der Waals surface area contributed by atoms with E-state index < -0.39 is 0 Å². The van der Waals surface area contributed by atoms with Crippen LogP contribution in [0, 0.1) is 29.6 Å². The van der Waals surface area contributed by atoms with E-state index in [9.17, 15) is 0 Å². The molecule has 29 heavy (non-hydrogen) atoms. The second kappa shape index (κ2) is 18.7.